The van der Waals surface area contributed by atoms with Crippen LogP contribution in [0.25, 0.3) is 10.9 Å². The SMILES string of the molecule is O=P(O)(O)O[C@]1(c2c[nH]c3ccc(Br)c(Cl)c23)[C@@H](O)[C@H](O)[C@@H](O)[C@H](O)[C@@H]1O. The number of hydrogen-bond donors (Lipinski definition) is 8. The summed E-state index contributed by atoms with van der Waals surface area (Å²) in [4.78, 5) is 21.5. The van der Waals surface area contributed by atoms with Gasteiger partial charge < -0.3 is 40.3 Å². The highest BCUT2D eigenvalue weighted by molar-refractivity contribution is 9.10. The van der Waals surface area contributed by atoms with Crippen LogP contribution in [0, 0.1) is 0 Å². The monoisotopic (exact) mass is 487 g/mol. The first kappa shape index (κ1) is 21.2. The van der Waals surface area contributed by atoms with Gasteiger partial charge in [0.2, 0.25) is 0 Å². The molecule has 0 saturated heterocycles. The number of phosphoric acid groups is 1. The molecule has 150 valence electrons. The van der Waals surface area contributed by atoms with E-state index >= 15 is 0 Å². The fourth-order valence-corrected chi connectivity index (χ4v) is 4.70. The molecule has 1 aliphatic carbocycles. The Bertz CT molecular complexity index is 901. The molecule has 3 rings (SSSR count). The number of aliphatic hydroxyl groups is 5. The van der Waals surface area contributed by atoms with Crippen molar-refractivity contribution in [2.75, 3.05) is 0 Å². The summed E-state index contributed by atoms with van der Waals surface area (Å²) in [6.07, 6.45) is -9.46. The van der Waals surface area contributed by atoms with Crippen LogP contribution in [0.5, 0.6) is 0 Å². The smallest absolute Gasteiger partial charge is 0.387 e. The third kappa shape index (κ3) is 3.26. The molecule has 1 aromatic heterocycles. The second-order valence-electron chi connectivity index (χ2n) is 6.22. The molecule has 1 fully saturated rings. The highest BCUT2D eigenvalue weighted by Crippen LogP contribution is 2.54. The largest absolute Gasteiger partial charge is 0.470 e. The Kier molecular flexibility index (Phi) is 5.52. The van der Waals surface area contributed by atoms with Crippen LogP contribution in [-0.4, -0.2) is 70.8 Å². The van der Waals surface area contributed by atoms with Crippen LogP contribution >= 0.6 is 35.4 Å². The van der Waals surface area contributed by atoms with Gasteiger partial charge in [-0.3, -0.25) is 4.52 Å². The van der Waals surface area contributed by atoms with E-state index in [9.17, 15) is 39.9 Å². The second kappa shape index (κ2) is 7.05. The van der Waals surface area contributed by atoms with Crippen LogP contribution < -0.4 is 0 Å². The molecular weight excluding hydrogens is 472 g/mol. The van der Waals surface area contributed by atoms with E-state index in [-0.39, 0.29) is 16.0 Å². The zero-order chi connectivity index (χ0) is 20.3. The van der Waals surface area contributed by atoms with Crippen LogP contribution in [0.1, 0.15) is 5.56 Å². The number of benzene rings is 1. The summed E-state index contributed by atoms with van der Waals surface area (Å²) in [6, 6.07) is 3.14. The van der Waals surface area contributed by atoms with E-state index in [1.807, 2.05) is 0 Å². The zero-order valence-corrected chi connectivity index (χ0v) is 16.5. The minimum absolute atomic E-state index is 0.0620. The highest BCUT2D eigenvalue weighted by atomic mass is 79.9. The number of phosphoric ester groups is 1. The van der Waals surface area contributed by atoms with Gasteiger partial charge in [0.1, 0.15) is 30.5 Å². The molecule has 1 aliphatic rings. The molecule has 2 aromatic rings. The molecule has 27 heavy (non-hydrogen) atoms. The van der Waals surface area contributed by atoms with Crippen LogP contribution in [0.4, 0.5) is 0 Å². The maximum Gasteiger partial charge on any atom is 0.470 e. The first-order valence-electron chi connectivity index (χ1n) is 7.54. The average Bonchev–Trinajstić information content (AvgIpc) is 3.03. The Labute approximate surface area is 165 Å². The summed E-state index contributed by atoms with van der Waals surface area (Å²) in [6.45, 7) is 0. The van der Waals surface area contributed by atoms with Gasteiger partial charge in [-0.15, -0.1) is 0 Å². The van der Waals surface area contributed by atoms with Gasteiger partial charge in [0, 0.05) is 27.1 Å². The van der Waals surface area contributed by atoms with Crippen molar-refractivity contribution in [1.29, 1.82) is 0 Å². The fraction of sp³-hybridized carbons (Fsp3) is 0.429. The summed E-state index contributed by atoms with van der Waals surface area (Å²) in [5.41, 5.74) is -2.57. The van der Waals surface area contributed by atoms with E-state index in [1.54, 1.807) is 12.1 Å². The van der Waals surface area contributed by atoms with Crippen LogP contribution in [0.3, 0.4) is 0 Å². The number of hydrogen-bond acceptors (Lipinski definition) is 7. The van der Waals surface area contributed by atoms with Crippen molar-refractivity contribution in [3.8, 4) is 0 Å². The molecule has 6 atom stereocenters. The minimum Gasteiger partial charge on any atom is -0.387 e. The van der Waals surface area contributed by atoms with Gasteiger partial charge in [-0.2, -0.15) is 0 Å². The molecule has 0 aliphatic heterocycles. The standard InChI is InChI=1S/C14H16BrClNO9P/c15-5-1-2-6-7(8(5)16)4(3-17-6)14(26-27(23,24)25)12(21)10(19)9(18)11(20)13(14)22/h1-3,9-13,17-22H,(H2,23,24,25)/t9-,10-,11+,12-,13-,14-/m0/s1. The van der Waals surface area contributed by atoms with E-state index in [0.717, 1.165) is 0 Å². The van der Waals surface area contributed by atoms with Crippen molar-refractivity contribution in [3.63, 3.8) is 0 Å². The molecule has 1 aromatic carbocycles. The lowest BCUT2D eigenvalue weighted by molar-refractivity contribution is -0.266. The van der Waals surface area contributed by atoms with Crippen molar-refractivity contribution in [2.45, 2.75) is 36.1 Å². The molecule has 13 heteroatoms. The molecule has 0 spiro atoms. The number of aromatic amines is 1. The van der Waals surface area contributed by atoms with Gasteiger partial charge in [0.05, 0.1) is 5.02 Å². The van der Waals surface area contributed by atoms with E-state index in [4.69, 9.17) is 16.1 Å². The molecular formula is C14H16BrClNO9P. The normalized spacial score (nSPS) is 34.9. The Balaban J connectivity index is 2.36. The maximum absolute atomic E-state index is 11.6. The molecule has 0 bridgehead atoms. The van der Waals surface area contributed by atoms with Gasteiger partial charge in [0.15, 0.2) is 5.60 Å². The summed E-state index contributed by atoms with van der Waals surface area (Å²) in [5.74, 6) is 0. The lowest BCUT2D eigenvalue weighted by Gasteiger charge is -2.49. The number of fused-ring (bicyclic) bond motifs is 1. The molecule has 10 nitrogen and oxygen atoms in total. The summed E-state index contributed by atoms with van der Waals surface area (Å²) < 4.78 is 16.8. The zero-order valence-electron chi connectivity index (χ0n) is 13.3. The van der Waals surface area contributed by atoms with E-state index in [2.05, 4.69) is 20.9 Å². The van der Waals surface area contributed by atoms with Gasteiger partial charge in [0.25, 0.3) is 0 Å². The Morgan fingerprint density at radius 1 is 1.07 bits per heavy atom. The predicted molar refractivity (Wildman–Crippen MR) is 95.8 cm³/mol. The van der Waals surface area contributed by atoms with Crippen LogP contribution in [0.15, 0.2) is 22.8 Å². The number of rotatable bonds is 3. The fourth-order valence-electron chi connectivity index (χ4n) is 3.39. The van der Waals surface area contributed by atoms with E-state index < -0.39 is 43.9 Å². The van der Waals surface area contributed by atoms with E-state index in [1.165, 1.54) is 6.20 Å². The average molecular weight is 489 g/mol. The van der Waals surface area contributed by atoms with Crippen molar-refractivity contribution in [3.05, 3.63) is 33.4 Å². The van der Waals surface area contributed by atoms with Crippen molar-refractivity contribution < 1.29 is 44.4 Å². The summed E-state index contributed by atoms with van der Waals surface area (Å²) in [5, 5.41) is 51.4. The highest BCUT2D eigenvalue weighted by Gasteiger charge is 2.63. The third-order valence-electron chi connectivity index (χ3n) is 4.65. The lowest BCUT2D eigenvalue weighted by atomic mass is 9.71. The summed E-state index contributed by atoms with van der Waals surface area (Å²) >= 11 is 9.47. The first-order valence-corrected chi connectivity index (χ1v) is 10.2. The predicted octanol–water partition coefficient (Wildman–Crippen LogP) is -0.293. The molecule has 0 unspecified atom stereocenters. The van der Waals surface area contributed by atoms with Gasteiger partial charge >= 0.3 is 7.82 Å². The number of nitrogens with one attached hydrogen (secondary N) is 1. The number of aliphatic hydroxyl groups excluding tert-OH is 5. The van der Waals surface area contributed by atoms with Crippen molar-refractivity contribution >= 4 is 46.3 Å². The van der Waals surface area contributed by atoms with Crippen LogP contribution in [0.2, 0.25) is 5.02 Å². The van der Waals surface area contributed by atoms with Gasteiger partial charge in [-0.05, 0) is 28.1 Å². The van der Waals surface area contributed by atoms with Crippen LogP contribution in [-0.2, 0) is 14.7 Å². The van der Waals surface area contributed by atoms with Crippen molar-refractivity contribution in [1.82, 2.24) is 4.98 Å². The molecule has 1 heterocycles. The Morgan fingerprint density at radius 3 is 2.15 bits per heavy atom. The minimum atomic E-state index is -5.39. The Hall–Kier alpha value is -0.560. The maximum atomic E-state index is 11.6. The second-order valence-corrected chi connectivity index (χ2v) is 8.62. The molecule has 0 radical (unpaired) electrons. The van der Waals surface area contributed by atoms with E-state index in [0.29, 0.717) is 9.99 Å². The van der Waals surface area contributed by atoms with Gasteiger partial charge in [-0.25, -0.2) is 4.57 Å². The number of halogens is 2. The number of aromatic nitrogens is 1. The summed E-state index contributed by atoms with van der Waals surface area (Å²) in [7, 11) is -5.39. The number of H-pyrrole nitrogens is 1. The first-order chi connectivity index (χ1) is 12.4. The quantitative estimate of drug-likeness (QED) is 0.269. The lowest BCUT2D eigenvalue weighted by Crippen LogP contribution is -2.69. The molecule has 1 saturated carbocycles. The van der Waals surface area contributed by atoms with Gasteiger partial charge in [-0.1, -0.05) is 11.6 Å². The topological polar surface area (TPSA) is 184 Å². The van der Waals surface area contributed by atoms with Crippen molar-refractivity contribution in [2.24, 2.45) is 0 Å². The third-order valence-corrected chi connectivity index (χ3v) is 6.47. The molecule has 8 N–H and O–H groups in total. The molecule has 0 amide bonds. The Morgan fingerprint density at radius 2 is 1.63 bits per heavy atom.